The highest BCUT2D eigenvalue weighted by Crippen LogP contribution is 2.30. The largest absolute Gasteiger partial charge is 0.335 e. The molecule has 1 saturated heterocycles. The number of azide groups is 1. The number of hydrogen-bond acceptors (Lipinski definition) is 2. The molecule has 1 amide bonds. The lowest BCUT2D eigenvalue weighted by Crippen LogP contribution is -2.30. The minimum atomic E-state index is 0.129. The van der Waals surface area contributed by atoms with Gasteiger partial charge >= 0.3 is 0 Å². The Labute approximate surface area is 112 Å². The van der Waals surface area contributed by atoms with Crippen LogP contribution in [-0.4, -0.2) is 23.9 Å². The molecule has 0 spiro atoms. The molecule has 0 aliphatic carbocycles. The molecule has 1 aliphatic heterocycles. The van der Waals surface area contributed by atoms with E-state index >= 15 is 0 Å². The summed E-state index contributed by atoms with van der Waals surface area (Å²) in [5.41, 5.74) is 9.52. The standard InChI is InChI=1S/C14H18N4O/c1-2-13(12-6-4-3-5-7-12)18-10-11(8-14(18)19)9-16-17-15/h3-7,11,13H,2,8-10H2,1H3. The van der Waals surface area contributed by atoms with Gasteiger partial charge in [0, 0.05) is 24.4 Å². The van der Waals surface area contributed by atoms with E-state index in [1.54, 1.807) is 0 Å². The molecule has 0 bridgehead atoms. The minimum absolute atomic E-state index is 0.129. The van der Waals surface area contributed by atoms with E-state index in [2.05, 4.69) is 29.1 Å². The van der Waals surface area contributed by atoms with Crippen molar-refractivity contribution in [3.8, 4) is 0 Å². The summed E-state index contributed by atoms with van der Waals surface area (Å²) in [7, 11) is 0. The van der Waals surface area contributed by atoms with Gasteiger partial charge in [0.15, 0.2) is 0 Å². The molecule has 1 aromatic carbocycles. The van der Waals surface area contributed by atoms with Crippen molar-refractivity contribution < 1.29 is 4.79 Å². The van der Waals surface area contributed by atoms with E-state index in [9.17, 15) is 4.79 Å². The van der Waals surface area contributed by atoms with Crippen molar-refractivity contribution >= 4 is 5.91 Å². The summed E-state index contributed by atoms with van der Waals surface area (Å²) < 4.78 is 0. The maximum atomic E-state index is 12.1. The molecule has 0 N–H and O–H groups in total. The summed E-state index contributed by atoms with van der Waals surface area (Å²) in [6, 6.07) is 10.2. The highest BCUT2D eigenvalue weighted by Gasteiger charge is 2.33. The van der Waals surface area contributed by atoms with Gasteiger partial charge < -0.3 is 4.90 Å². The first-order valence-corrected chi connectivity index (χ1v) is 6.61. The summed E-state index contributed by atoms with van der Waals surface area (Å²) in [5.74, 6) is 0.315. The Morgan fingerprint density at radius 3 is 2.84 bits per heavy atom. The fraction of sp³-hybridized carbons (Fsp3) is 0.500. The molecule has 1 aliphatic rings. The summed E-state index contributed by atoms with van der Waals surface area (Å²) in [5, 5.41) is 3.58. The predicted molar refractivity (Wildman–Crippen MR) is 73.3 cm³/mol. The molecule has 19 heavy (non-hydrogen) atoms. The summed E-state index contributed by atoms with van der Waals surface area (Å²) >= 11 is 0. The fourth-order valence-corrected chi connectivity index (χ4v) is 2.70. The van der Waals surface area contributed by atoms with Crippen LogP contribution in [0.25, 0.3) is 10.4 Å². The van der Waals surface area contributed by atoms with E-state index in [4.69, 9.17) is 5.53 Å². The van der Waals surface area contributed by atoms with E-state index in [-0.39, 0.29) is 17.9 Å². The van der Waals surface area contributed by atoms with Crippen molar-refractivity contribution in [2.75, 3.05) is 13.1 Å². The number of rotatable bonds is 5. The maximum absolute atomic E-state index is 12.1. The van der Waals surface area contributed by atoms with E-state index in [1.165, 1.54) is 5.56 Å². The number of likely N-dealkylation sites (tertiary alicyclic amines) is 1. The number of carbonyl (C=O) groups excluding carboxylic acids is 1. The second kappa shape index (κ2) is 6.25. The molecule has 5 heteroatoms. The number of nitrogens with zero attached hydrogens (tertiary/aromatic N) is 4. The lowest BCUT2D eigenvalue weighted by Gasteiger charge is -2.27. The van der Waals surface area contributed by atoms with Gasteiger partial charge in [-0.05, 0) is 23.4 Å². The van der Waals surface area contributed by atoms with Crippen LogP contribution in [0.5, 0.6) is 0 Å². The van der Waals surface area contributed by atoms with Gasteiger partial charge in [-0.15, -0.1) is 0 Å². The Bertz CT molecular complexity index is 481. The van der Waals surface area contributed by atoms with Crippen LogP contribution in [0, 0.1) is 5.92 Å². The highest BCUT2D eigenvalue weighted by atomic mass is 16.2. The average molecular weight is 258 g/mol. The quantitative estimate of drug-likeness (QED) is 0.454. The van der Waals surface area contributed by atoms with Crippen LogP contribution in [0.4, 0.5) is 0 Å². The zero-order valence-corrected chi connectivity index (χ0v) is 11.1. The zero-order chi connectivity index (χ0) is 13.7. The van der Waals surface area contributed by atoms with E-state index in [1.807, 2.05) is 23.1 Å². The number of hydrogen-bond donors (Lipinski definition) is 0. The molecule has 1 fully saturated rings. The Morgan fingerprint density at radius 1 is 1.47 bits per heavy atom. The molecule has 5 nitrogen and oxygen atoms in total. The first-order valence-electron chi connectivity index (χ1n) is 6.61. The molecule has 0 radical (unpaired) electrons. The molecule has 100 valence electrons. The van der Waals surface area contributed by atoms with Crippen molar-refractivity contribution in [2.24, 2.45) is 11.0 Å². The van der Waals surface area contributed by atoms with E-state index < -0.39 is 0 Å². The van der Waals surface area contributed by atoms with Gasteiger partial charge in [-0.1, -0.05) is 42.4 Å². The van der Waals surface area contributed by atoms with Crippen LogP contribution in [0.2, 0.25) is 0 Å². The van der Waals surface area contributed by atoms with Gasteiger partial charge in [-0.2, -0.15) is 0 Å². The lowest BCUT2D eigenvalue weighted by molar-refractivity contribution is -0.129. The van der Waals surface area contributed by atoms with Gasteiger partial charge in [0.2, 0.25) is 5.91 Å². The average Bonchev–Trinajstić information content (AvgIpc) is 2.80. The first kappa shape index (κ1) is 13.4. The normalized spacial score (nSPS) is 20.2. The highest BCUT2D eigenvalue weighted by molar-refractivity contribution is 5.79. The van der Waals surface area contributed by atoms with Crippen molar-refractivity contribution in [3.63, 3.8) is 0 Å². The van der Waals surface area contributed by atoms with Gasteiger partial charge in [-0.3, -0.25) is 4.79 Å². The second-order valence-corrected chi connectivity index (χ2v) is 4.86. The van der Waals surface area contributed by atoms with Crippen LogP contribution < -0.4 is 0 Å². The zero-order valence-electron chi connectivity index (χ0n) is 11.1. The number of carbonyl (C=O) groups is 1. The third-order valence-electron chi connectivity index (χ3n) is 3.59. The smallest absolute Gasteiger partial charge is 0.223 e. The molecule has 2 rings (SSSR count). The second-order valence-electron chi connectivity index (χ2n) is 4.86. The van der Waals surface area contributed by atoms with Crippen LogP contribution >= 0.6 is 0 Å². The lowest BCUT2D eigenvalue weighted by atomic mass is 10.0. The topological polar surface area (TPSA) is 69.1 Å². The van der Waals surface area contributed by atoms with Crippen LogP contribution in [0.3, 0.4) is 0 Å². The van der Waals surface area contributed by atoms with Gasteiger partial charge in [-0.25, -0.2) is 0 Å². The molecule has 2 unspecified atom stereocenters. The third-order valence-corrected chi connectivity index (χ3v) is 3.59. The maximum Gasteiger partial charge on any atom is 0.223 e. The van der Waals surface area contributed by atoms with Crippen molar-refractivity contribution in [3.05, 3.63) is 46.3 Å². The number of amides is 1. The summed E-state index contributed by atoms with van der Waals surface area (Å²) in [4.78, 5) is 16.8. The SMILES string of the molecule is CCC(c1ccccc1)N1CC(CN=[N+]=[N-])CC1=O. The summed E-state index contributed by atoms with van der Waals surface area (Å²) in [6.45, 7) is 3.18. The molecule has 1 aromatic rings. The molecule has 1 heterocycles. The molecule has 2 atom stereocenters. The molecule has 0 saturated carbocycles. The third kappa shape index (κ3) is 3.06. The minimum Gasteiger partial charge on any atom is -0.335 e. The fourth-order valence-electron chi connectivity index (χ4n) is 2.70. The van der Waals surface area contributed by atoms with Crippen molar-refractivity contribution in [1.29, 1.82) is 0 Å². The van der Waals surface area contributed by atoms with Gasteiger partial charge in [0.1, 0.15) is 0 Å². The van der Waals surface area contributed by atoms with Gasteiger partial charge in [0.25, 0.3) is 0 Å². The van der Waals surface area contributed by atoms with Crippen LogP contribution in [-0.2, 0) is 4.79 Å². The Morgan fingerprint density at radius 2 is 2.21 bits per heavy atom. The van der Waals surface area contributed by atoms with Crippen molar-refractivity contribution in [1.82, 2.24) is 4.90 Å². The van der Waals surface area contributed by atoms with E-state index in [0.717, 1.165) is 6.42 Å². The van der Waals surface area contributed by atoms with Crippen LogP contribution in [0.1, 0.15) is 31.4 Å². The molecular weight excluding hydrogens is 240 g/mol. The Balaban J connectivity index is 2.11. The molecular formula is C14H18N4O. The first-order chi connectivity index (χ1) is 9.26. The summed E-state index contributed by atoms with van der Waals surface area (Å²) in [6.07, 6.45) is 1.38. The Hall–Kier alpha value is -2.00. The van der Waals surface area contributed by atoms with E-state index in [0.29, 0.717) is 19.5 Å². The Kier molecular flexibility index (Phi) is 4.42. The molecule has 0 aromatic heterocycles. The predicted octanol–water partition coefficient (Wildman–Crippen LogP) is 3.30. The van der Waals surface area contributed by atoms with Gasteiger partial charge in [0.05, 0.1) is 6.04 Å². The number of benzene rings is 1. The van der Waals surface area contributed by atoms with Crippen LogP contribution in [0.15, 0.2) is 35.4 Å². The monoisotopic (exact) mass is 258 g/mol. The van der Waals surface area contributed by atoms with Crippen molar-refractivity contribution in [2.45, 2.75) is 25.8 Å².